The van der Waals surface area contributed by atoms with E-state index in [2.05, 4.69) is 4.98 Å². The molecule has 6 nitrogen and oxygen atoms in total. The van der Waals surface area contributed by atoms with Crippen LogP contribution >= 0.6 is 0 Å². The lowest BCUT2D eigenvalue weighted by molar-refractivity contribution is -0.385. The Bertz CT molecular complexity index is 629. The third-order valence-corrected chi connectivity index (χ3v) is 2.58. The molecule has 0 spiro atoms. The van der Waals surface area contributed by atoms with E-state index in [-0.39, 0.29) is 17.3 Å². The fourth-order valence-electron chi connectivity index (χ4n) is 1.50. The van der Waals surface area contributed by atoms with Gasteiger partial charge in [-0.3, -0.25) is 10.1 Å². The van der Waals surface area contributed by atoms with Crippen molar-refractivity contribution in [2.75, 3.05) is 0 Å². The van der Waals surface area contributed by atoms with Crippen LogP contribution in [0.25, 0.3) is 0 Å². The molecule has 0 aliphatic carbocycles. The molecule has 1 aromatic heterocycles. The van der Waals surface area contributed by atoms with Crippen LogP contribution in [0.15, 0.2) is 36.5 Å². The molecule has 2 rings (SSSR count). The van der Waals surface area contributed by atoms with Crippen LogP contribution in [0.4, 0.5) is 10.1 Å². The number of ether oxygens (including phenoxy) is 1. The van der Waals surface area contributed by atoms with Crippen molar-refractivity contribution < 1.29 is 19.2 Å². The van der Waals surface area contributed by atoms with Crippen molar-refractivity contribution >= 4 is 5.69 Å². The van der Waals surface area contributed by atoms with Crippen molar-refractivity contribution in [3.63, 3.8) is 0 Å². The first-order valence-corrected chi connectivity index (χ1v) is 5.73. The Balaban J connectivity index is 2.19. The van der Waals surface area contributed by atoms with E-state index in [4.69, 9.17) is 4.74 Å². The number of aliphatic hydroxyl groups is 1. The molecule has 0 radical (unpaired) electrons. The molecule has 7 heteroatoms. The Labute approximate surface area is 113 Å². The molecule has 0 bridgehead atoms. The van der Waals surface area contributed by atoms with Crippen LogP contribution in [0.2, 0.25) is 0 Å². The van der Waals surface area contributed by atoms with E-state index in [9.17, 15) is 19.6 Å². The zero-order valence-electron chi connectivity index (χ0n) is 10.5. The fourth-order valence-corrected chi connectivity index (χ4v) is 1.50. The van der Waals surface area contributed by atoms with Gasteiger partial charge in [0.1, 0.15) is 0 Å². The molecule has 2 aromatic rings. The van der Waals surface area contributed by atoms with Gasteiger partial charge in [0.15, 0.2) is 11.6 Å². The third-order valence-electron chi connectivity index (χ3n) is 2.58. The number of rotatable bonds is 4. The Morgan fingerprint density at radius 1 is 1.40 bits per heavy atom. The molecular weight excluding hydrogens is 267 g/mol. The predicted molar refractivity (Wildman–Crippen MR) is 68.0 cm³/mol. The lowest BCUT2D eigenvalue weighted by Crippen LogP contribution is -1.95. The minimum absolute atomic E-state index is 0.127. The summed E-state index contributed by atoms with van der Waals surface area (Å²) in [5.41, 5.74) is 0.244. The fraction of sp³-hybridized carbons (Fsp3) is 0.154. The molecule has 0 aliphatic heterocycles. The van der Waals surface area contributed by atoms with Crippen molar-refractivity contribution in [3.8, 4) is 11.6 Å². The van der Waals surface area contributed by atoms with Gasteiger partial charge in [0, 0.05) is 18.3 Å². The molecule has 0 unspecified atom stereocenters. The van der Waals surface area contributed by atoms with Gasteiger partial charge in [0.05, 0.1) is 17.1 Å². The number of aliphatic hydroxyl groups excluding tert-OH is 1. The number of non-ortho nitro benzene ring substituents is 1. The molecule has 1 heterocycles. The average Bonchev–Trinajstić information content (AvgIpc) is 2.41. The third kappa shape index (κ3) is 3.07. The monoisotopic (exact) mass is 278 g/mol. The van der Waals surface area contributed by atoms with Crippen LogP contribution in [0.5, 0.6) is 11.6 Å². The highest BCUT2D eigenvalue weighted by molar-refractivity contribution is 5.39. The number of nitro groups is 1. The van der Waals surface area contributed by atoms with Crippen LogP contribution in [0.1, 0.15) is 18.6 Å². The van der Waals surface area contributed by atoms with Crippen LogP contribution < -0.4 is 4.74 Å². The van der Waals surface area contributed by atoms with Gasteiger partial charge in [0.2, 0.25) is 5.88 Å². The number of hydrogen-bond acceptors (Lipinski definition) is 5. The predicted octanol–water partition coefficient (Wildman–Crippen LogP) is 2.97. The summed E-state index contributed by atoms with van der Waals surface area (Å²) >= 11 is 0. The molecule has 104 valence electrons. The molecule has 0 saturated heterocycles. The number of pyridine rings is 1. The standard InChI is InChI=1S/C13H11FN2O4/c1-8(17)9-2-5-13(15-7-9)20-12-4-3-10(16(18)19)6-11(12)14/h2-8,17H,1H3/t8-/m0/s1. The topological polar surface area (TPSA) is 85.5 Å². The normalized spacial score (nSPS) is 11.9. The van der Waals surface area contributed by atoms with Crippen LogP contribution in [-0.4, -0.2) is 15.0 Å². The number of hydrogen-bond donors (Lipinski definition) is 1. The summed E-state index contributed by atoms with van der Waals surface area (Å²) < 4.78 is 18.8. The second-order valence-electron chi connectivity index (χ2n) is 4.08. The number of nitro benzene ring substituents is 1. The number of benzene rings is 1. The van der Waals surface area contributed by atoms with Gasteiger partial charge in [0.25, 0.3) is 5.69 Å². The van der Waals surface area contributed by atoms with Gasteiger partial charge in [-0.2, -0.15) is 0 Å². The van der Waals surface area contributed by atoms with Crippen molar-refractivity contribution in [3.05, 3.63) is 58.0 Å². The molecule has 0 fully saturated rings. The highest BCUT2D eigenvalue weighted by Gasteiger charge is 2.12. The highest BCUT2D eigenvalue weighted by Crippen LogP contribution is 2.26. The average molecular weight is 278 g/mol. The molecule has 0 amide bonds. The zero-order valence-corrected chi connectivity index (χ0v) is 10.5. The Hall–Kier alpha value is -2.54. The molecule has 0 aliphatic rings. The number of halogens is 1. The maximum Gasteiger partial charge on any atom is 0.272 e. The first-order valence-electron chi connectivity index (χ1n) is 5.73. The minimum atomic E-state index is -0.847. The highest BCUT2D eigenvalue weighted by atomic mass is 19.1. The van der Waals surface area contributed by atoms with E-state index in [1.165, 1.54) is 12.3 Å². The largest absolute Gasteiger partial charge is 0.436 e. The second-order valence-corrected chi connectivity index (χ2v) is 4.08. The molecule has 1 atom stereocenters. The quantitative estimate of drug-likeness (QED) is 0.686. The summed E-state index contributed by atoms with van der Waals surface area (Å²) in [5, 5.41) is 19.8. The van der Waals surface area contributed by atoms with Crippen LogP contribution in [0, 0.1) is 15.9 Å². The van der Waals surface area contributed by atoms with Gasteiger partial charge in [-0.15, -0.1) is 0 Å². The molecule has 20 heavy (non-hydrogen) atoms. The summed E-state index contributed by atoms with van der Waals surface area (Å²) in [6.45, 7) is 1.59. The maximum absolute atomic E-state index is 13.6. The van der Waals surface area contributed by atoms with Gasteiger partial charge >= 0.3 is 0 Å². The van der Waals surface area contributed by atoms with E-state index in [1.807, 2.05) is 0 Å². The van der Waals surface area contributed by atoms with Crippen molar-refractivity contribution in [2.24, 2.45) is 0 Å². The smallest absolute Gasteiger partial charge is 0.272 e. The first-order chi connectivity index (χ1) is 9.47. The van der Waals surface area contributed by atoms with Crippen molar-refractivity contribution in [2.45, 2.75) is 13.0 Å². The van der Waals surface area contributed by atoms with Crippen LogP contribution in [-0.2, 0) is 0 Å². The second kappa shape index (κ2) is 5.62. The van der Waals surface area contributed by atoms with Gasteiger partial charge in [-0.05, 0) is 24.6 Å². The zero-order chi connectivity index (χ0) is 14.7. The van der Waals surface area contributed by atoms with Crippen molar-refractivity contribution in [1.82, 2.24) is 4.98 Å². The van der Waals surface area contributed by atoms with E-state index >= 15 is 0 Å². The molecular formula is C13H11FN2O4. The summed E-state index contributed by atoms with van der Waals surface area (Å²) in [4.78, 5) is 13.7. The summed E-state index contributed by atoms with van der Waals surface area (Å²) in [6, 6.07) is 6.15. The van der Waals surface area contributed by atoms with Gasteiger partial charge in [-0.25, -0.2) is 9.37 Å². The Morgan fingerprint density at radius 2 is 2.15 bits per heavy atom. The Kier molecular flexibility index (Phi) is 3.90. The first kappa shape index (κ1) is 13.9. The van der Waals surface area contributed by atoms with E-state index in [0.29, 0.717) is 5.56 Å². The van der Waals surface area contributed by atoms with Crippen molar-refractivity contribution in [1.29, 1.82) is 0 Å². The van der Waals surface area contributed by atoms with Gasteiger partial charge < -0.3 is 9.84 Å². The minimum Gasteiger partial charge on any atom is -0.436 e. The summed E-state index contributed by atoms with van der Waals surface area (Å²) in [5.74, 6) is -0.879. The lowest BCUT2D eigenvalue weighted by Gasteiger charge is -2.07. The lowest BCUT2D eigenvalue weighted by atomic mass is 10.2. The van der Waals surface area contributed by atoms with E-state index < -0.39 is 16.8 Å². The van der Waals surface area contributed by atoms with Gasteiger partial charge in [-0.1, -0.05) is 0 Å². The van der Waals surface area contributed by atoms with Crippen LogP contribution in [0.3, 0.4) is 0 Å². The van der Waals surface area contributed by atoms with E-state index in [0.717, 1.165) is 18.2 Å². The maximum atomic E-state index is 13.6. The Morgan fingerprint density at radius 3 is 2.65 bits per heavy atom. The number of aromatic nitrogens is 1. The summed E-state index contributed by atoms with van der Waals surface area (Å²) in [7, 11) is 0. The summed E-state index contributed by atoms with van der Waals surface area (Å²) in [6.07, 6.45) is 0.746. The molecule has 1 aromatic carbocycles. The molecule has 0 saturated carbocycles. The SMILES string of the molecule is C[C@H](O)c1ccc(Oc2ccc([N+](=O)[O-])cc2F)nc1. The number of nitrogens with zero attached hydrogens (tertiary/aromatic N) is 2. The van der Waals surface area contributed by atoms with E-state index in [1.54, 1.807) is 13.0 Å². The molecule has 1 N–H and O–H groups in total.